The molecule has 0 bridgehead atoms. The van der Waals surface area contributed by atoms with Crippen molar-refractivity contribution < 1.29 is 21.9 Å². The van der Waals surface area contributed by atoms with Crippen LogP contribution in [-0.4, -0.2) is 26.9 Å². The van der Waals surface area contributed by atoms with Crippen LogP contribution < -0.4 is 4.74 Å². The van der Waals surface area contributed by atoms with Crippen LogP contribution in [0, 0.1) is 11.6 Å². The van der Waals surface area contributed by atoms with Crippen molar-refractivity contribution in [2.24, 2.45) is 0 Å². The molecule has 0 spiro atoms. The van der Waals surface area contributed by atoms with Gasteiger partial charge in [-0.3, -0.25) is 0 Å². The Kier molecular flexibility index (Phi) is 5.23. The summed E-state index contributed by atoms with van der Waals surface area (Å²) >= 11 is 5.62. The van der Waals surface area contributed by atoms with Crippen LogP contribution in [0.1, 0.15) is 5.56 Å². The van der Waals surface area contributed by atoms with Gasteiger partial charge in [0.1, 0.15) is 10.7 Å². The highest BCUT2D eigenvalue weighted by molar-refractivity contribution is 7.89. The van der Waals surface area contributed by atoms with Crippen molar-refractivity contribution in [1.29, 1.82) is 0 Å². The van der Waals surface area contributed by atoms with Crippen molar-refractivity contribution in [3.63, 3.8) is 0 Å². The lowest BCUT2D eigenvalue weighted by molar-refractivity contribution is 0.385. The van der Waals surface area contributed by atoms with E-state index in [1.807, 2.05) is 0 Å². The summed E-state index contributed by atoms with van der Waals surface area (Å²) in [5, 5.41) is 0.0985. The van der Waals surface area contributed by atoms with E-state index in [1.54, 1.807) is 0 Å². The Balaban J connectivity index is 2.28. The molecular weight excluding hydrogens is 348 g/mol. The zero-order valence-electron chi connectivity index (χ0n) is 12.4. The van der Waals surface area contributed by atoms with Gasteiger partial charge in [-0.1, -0.05) is 17.7 Å². The zero-order valence-corrected chi connectivity index (χ0v) is 14.0. The average molecular weight is 362 g/mol. The van der Waals surface area contributed by atoms with Crippen LogP contribution in [0.3, 0.4) is 0 Å². The minimum Gasteiger partial charge on any atom is -0.494 e. The molecular formula is C15H14ClF2NO3S. The van der Waals surface area contributed by atoms with Gasteiger partial charge in [0.2, 0.25) is 10.0 Å². The molecule has 4 nitrogen and oxygen atoms in total. The number of benzene rings is 2. The van der Waals surface area contributed by atoms with Crippen LogP contribution in [0.5, 0.6) is 5.75 Å². The topological polar surface area (TPSA) is 46.6 Å². The average Bonchev–Trinajstić information content (AvgIpc) is 2.47. The number of hydrogen-bond acceptors (Lipinski definition) is 3. The summed E-state index contributed by atoms with van der Waals surface area (Å²) < 4.78 is 58.0. The minimum atomic E-state index is -4.07. The van der Waals surface area contributed by atoms with Gasteiger partial charge < -0.3 is 4.74 Å². The predicted octanol–water partition coefficient (Wildman–Crippen LogP) is 3.45. The van der Waals surface area contributed by atoms with Crippen molar-refractivity contribution in [2.45, 2.75) is 11.4 Å². The maximum atomic E-state index is 13.8. The number of rotatable bonds is 5. The zero-order chi connectivity index (χ0) is 17.2. The van der Waals surface area contributed by atoms with E-state index in [0.717, 1.165) is 16.4 Å². The second-order valence-corrected chi connectivity index (χ2v) is 7.25. The van der Waals surface area contributed by atoms with Gasteiger partial charge in [-0.25, -0.2) is 17.2 Å². The third kappa shape index (κ3) is 3.80. The summed E-state index contributed by atoms with van der Waals surface area (Å²) in [7, 11) is -1.45. The molecule has 0 amide bonds. The maximum absolute atomic E-state index is 13.8. The number of hydrogen-bond donors (Lipinski definition) is 0. The fraction of sp³-hybridized carbons (Fsp3) is 0.200. The highest BCUT2D eigenvalue weighted by Crippen LogP contribution is 2.24. The van der Waals surface area contributed by atoms with Crippen LogP contribution in [-0.2, 0) is 16.6 Å². The molecule has 0 atom stereocenters. The molecule has 23 heavy (non-hydrogen) atoms. The maximum Gasteiger partial charge on any atom is 0.246 e. The molecule has 0 aliphatic carbocycles. The van der Waals surface area contributed by atoms with Crippen LogP contribution >= 0.6 is 11.6 Å². The molecule has 0 heterocycles. The minimum absolute atomic E-state index is 0.0583. The summed E-state index contributed by atoms with van der Waals surface area (Å²) in [6, 6.07) is 7.41. The lowest BCUT2D eigenvalue weighted by Gasteiger charge is -2.18. The van der Waals surface area contributed by atoms with Crippen molar-refractivity contribution in [3.05, 3.63) is 58.6 Å². The molecule has 2 aromatic rings. The van der Waals surface area contributed by atoms with Crippen molar-refractivity contribution in [1.82, 2.24) is 4.31 Å². The van der Waals surface area contributed by atoms with Gasteiger partial charge in [-0.15, -0.1) is 0 Å². The Labute approximate surface area is 138 Å². The molecule has 124 valence electrons. The van der Waals surface area contributed by atoms with Gasteiger partial charge >= 0.3 is 0 Å². The molecule has 0 radical (unpaired) electrons. The standard InChI is InChI=1S/C15H14ClF2NO3S/c1-19(9-10-3-5-14(22-2)12(17)7-10)23(20,21)15-6-4-11(16)8-13(15)18/h3-8H,9H2,1-2H3. The highest BCUT2D eigenvalue weighted by Gasteiger charge is 2.25. The number of sulfonamides is 1. The van der Waals surface area contributed by atoms with E-state index in [4.69, 9.17) is 16.3 Å². The molecule has 2 aromatic carbocycles. The smallest absolute Gasteiger partial charge is 0.246 e. The largest absolute Gasteiger partial charge is 0.494 e. The summed E-state index contributed by atoms with van der Waals surface area (Å²) in [6.45, 7) is -0.120. The number of methoxy groups -OCH3 is 1. The molecule has 0 saturated carbocycles. The first-order valence-corrected chi connectivity index (χ1v) is 8.31. The molecule has 0 aliphatic rings. The van der Waals surface area contributed by atoms with Gasteiger partial charge in [-0.05, 0) is 35.9 Å². The Morgan fingerprint density at radius 2 is 1.83 bits per heavy atom. The van der Waals surface area contributed by atoms with Gasteiger partial charge in [-0.2, -0.15) is 4.31 Å². The fourth-order valence-corrected chi connectivity index (χ4v) is 3.36. The molecule has 0 aliphatic heterocycles. The van der Waals surface area contributed by atoms with E-state index in [-0.39, 0.29) is 17.3 Å². The highest BCUT2D eigenvalue weighted by atomic mass is 35.5. The molecule has 0 unspecified atom stereocenters. The van der Waals surface area contributed by atoms with E-state index in [1.165, 1.54) is 38.4 Å². The number of halogens is 3. The predicted molar refractivity (Wildman–Crippen MR) is 83.0 cm³/mol. The normalized spacial score (nSPS) is 11.7. The SMILES string of the molecule is COc1ccc(CN(C)S(=O)(=O)c2ccc(Cl)cc2F)cc1F. The first-order chi connectivity index (χ1) is 10.8. The van der Waals surface area contributed by atoms with E-state index in [0.29, 0.717) is 5.56 Å². The third-order valence-corrected chi connectivity index (χ3v) is 5.28. The Morgan fingerprint density at radius 1 is 1.13 bits per heavy atom. The van der Waals surface area contributed by atoms with Crippen LogP contribution in [0.4, 0.5) is 8.78 Å². The van der Waals surface area contributed by atoms with Crippen molar-refractivity contribution >= 4 is 21.6 Å². The molecule has 0 fully saturated rings. The van der Waals surface area contributed by atoms with Gasteiger partial charge in [0, 0.05) is 18.6 Å². The second-order valence-electron chi connectivity index (χ2n) is 4.80. The van der Waals surface area contributed by atoms with E-state index in [2.05, 4.69) is 0 Å². The Hall–Kier alpha value is -1.70. The second kappa shape index (κ2) is 6.82. The van der Waals surface area contributed by atoms with E-state index >= 15 is 0 Å². The molecule has 0 saturated heterocycles. The summed E-state index contributed by atoms with van der Waals surface area (Å²) in [5.74, 6) is -1.48. The molecule has 8 heteroatoms. The van der Waals surface area contributed by atoms with Gasteiger partial charge in [0.15, 0.2) is 11.6 Å². The van der Waals surface area contributed by atoms with Gasteiger partial charge in [0.05, 0.1) is 7.11 Å². The quantitative estimate of drug-likeness (QED) is 0.819. The van der Waals surface area contributed by atoms with Crippen LogP contribution in [0.25, 0.3) is 0 Å². The Bertz CT molecular complexity index is 827. The van der Waals surface area contributed by atoms with E-state index < -0.39 is 26.6 Å². The summed E-state index contributed by atoms with van der Waals surface area (Å²) in [4.78, 5) is -0.488. The number of ether oxygens (including phenoxy) is 1. The monoisotopic (exact) mass is 361 g/mol. The third-order valence-electron chi connectivity index (χ3n) is 3.20. The summed E-state index contributed by atoms with van der Waals surface area (Å²) in [6.07, 6.45) is 0. The number of nitrogens with zero attached hydrogens (tertiary/aromatic N) is 1. The van der Waals surface area contributed by atoms with E-state index in [9.17, 15) is 17.2 Å². The summed E-state index contributed by atoms with van der Waals surface area (Å²) in [5.41, 5.74) is 0.406. The lowest BCUT2D eigenvalue weighted by atomic mass is 10.2. The van der Waals surface area contributed by atoms with Crippen molar-refractivity contribution in [2.75, 3.05) is 14.2 Å². The first-order valence-electron chi connectivity index (χ1n) is 6.49. The molecule has 0 N–H and O–H groups in total. The first kappa shape index (κ1) is 17.7. The Morgan fingerprint density at radius 3 is 2.39 bits per heavy atom. The molecule has 0 aromatic heterocycles. The van der Waals surface area contributed by atoms with Gasteiger partial charge in [0.25, 0.3) is 0 Å². The van der Waals surface area contributed by atoms with Crippen LogP contribution in [0.2, 0.25) is 5.02 Å². The van der Waals surface area contributed by atoms with Crippen LogP contribution in [0.15, 0.2) is 41.3 Å². The molecule has 2 rings (SSSR count). The van der Waals surface area contributed by atoms with Crippen molar-refractivity contribution in [3.8, 4) is 5.75 Å². The lowest BCUT2D eigenvalue weighted by Crippen LogP contribution is -2.27. The fourth-order valence-electron chi connectivity index (χ4n) is 2.00.